The first-order chi connectivity index (χ1) is 16.2. The number of rotatable bonds is 6. The molecule has 3 aromatic carbocycles. The van der Waals surface area contributed by atoms with Gasteiger partial charge < -0.3 is 14.5 Å². The minimum absolute atomic E-state index is 0.0282. The van der Waals surface area contributed by atoms with Gasteiger partial charge in [-0.05, 0) is 61.0 Å². The molecule has 0 bridgehead atoms. The van der Waals surface area contributed by atoms with Gasteiger partial charge in [0.05, 0.1) is 17.7 Å². The van der Waals surface area contributed by atoms with Crippen molar-refractivity contribution in [1.82, 2.24) is 0 Å². The van der Waals surface area contributed by atoms with E-state index in [9.17, 15) is 18.0 Å². The van der Waals surface area contributed by atoms with E-state index in [1.165, 1.54) is 44.5 Å². The van der Waals surface area contributed by atoms with Crippen LogP contribution in [-0.2, 0) is 10.0 Å². The molecule has 0 saturated carbocycles. The summed E-state index contributed by atoms with van der Waals surface area (Å²) in [6.07, 6.45) is 0. The van der Waals surface area contributed by atoms with E-state index in [4.69, 9.17) is 9.15 Å². The number of nitrogens with zero attached hydrogens (tertiary/aromatic N) is 1. The number of methoxy groups -OCH3 is 1. The van der Waals surface area contributed by atoms with Crippen LogP contribution in [0.25, 0.3) is 11.0 Å². The number of carbonyl (C=O) groups is 1. The quantitative estimate of drug-likeness (QED) is 0.417. The molecule has 0 saturated heterocycles. The number of hydrogen-bond acceptors (Lipinski definition) is 6. The van der Waals surface area contributed by atoms with Crippen LogP contribution in [0.5, 0.6) is 5.75 Å². The SMILES string of the molecule is COc1ccccc1N(C)S(=O)(=O)c1ccc(C(=O)Nc2ccc3c(C)cc(=O)oc3c2)cc1. The Bertz CT molecular complexity index is 1540. The highest BCUT2D eigenvalue weighted by Crippen LogP contribution is 2.31. The van der Waals surface area contributed by atoms with E-state index in [1.54, 1.807) is 49.4 Å². The molecule has 0 spiro atoms. The molecule has 34 heavy (non-hydrogen) atoms. The van der Waals surface area contributed by atoms with Crippen molar-refractivity contribution >= 4 is 38.3 Å². The second-order valence-corrected chi connectivity index (χ2v) is 9.55. The van der Waals surface area contributed by atoms with Crippen LogP contribution >= 0.6 is 0 Å². The number of sulfonamides is 1. The molecule has 1 amide bonds. The number of anilines is 2. The molecule has 0 aliphatic carbocycles. The second-order valence-electron chi connectivity index (χ2n) is 7.58. The maximum atomic E-state index is 13.1. The number of carbonyl (C=O) groups excluding carboxylic acids is 1. The zero-order valence-corrected chi connectivity index (χ0v) is 19.5. The van der Waals surface area contributed by atoms with Crippen molar-refractivity contribution in [2.24, 2.45) is 0 Å². The van der Waals surface area contributed by atoms with E-state index < -0.39 is 21.6 Å². The molecule has 8 nitrogen and oxygen atoms in total. The maximum absolute atomic E-state index is 13.1. The molecule has 0 radical (unpaired) electrons. The molecule has 1 aromatic heterocycles. The van der Waals surface area contributed by atoms with Crippen LogP contribution in [0.4, 0.5) is 11.4 Å². The van der Waals surface area contributed by atoms with Gasteiger partial charge in [-0.15, -0.1) is 0 Å². The van der Waals surface area contributed by atoms with Gasteiger partial charge in [-0.3, -0.25) is 9.10 Å². The summed E-state index contributed by atoms with van der Waals surface area (Å²) >= 11 is 0. The van der Waals surface area contributed by atoms with Gasteiger partial charge in [0.1, 0.15) is 11.3 Å². The maximum Gasteiger partial charge on any atom is 0.336 e. The van der Waals surface area contributed by atoms with Crippen LogP contribution in [0.1, 0.15) is 15.9 Å². The zero-order chi connectivity index (χ0) is 24.5. The number of fused-ring (bicyclic) bond motifs is 1. The van der Waals surface area contributed by atoms with E-state index in [0.717, 1.165) is 15.3 Å². The van der Waals surface area contributed by atoms with Crippen molar-refractivity contribution in [2.45, 2.75) is 11.8 Å². The molecule has 0 unspecified atom stereocenters. The van der Waals surface area contributed by atoms with Gasteiger partial charge in [-0.2, -0.15) is 0 Å². The molecule has 174 valence electrons. The van der Waals surface area contributed by atoms with Crippen molar-refractivity contribution in [1.29, 1.82) is 0 Å². The monoisotopic (exact) mass is 478 g/mol. The number of hydrogen-bond donors (Lipinski definition) is 1. The first-order valence-electron chi connectivity index (χ1n) is 10.3. The molecule has 4 rings (SSSR count). The third-order valence-electron chi connectivity index (χ3n) is 5.41. The summed E-state index contributed by atoms with van der Waals surface area (Å²) in [5, 5.41) is 3.50. The molecule has 0 aliphatic heterocycles. The molecule has 0 atom stereocenters. The van der Waals surface area contributed by atoms with Crippen molar-refractivity contribution in [2.75, 3.05) is 23.8 Å². The Balaban J connectivity index is 1.55. The van der Waals surface area contributed by atoms with E-state index in [2.05, 4.69) is 5.32 Å². The summed E-state index contributed by atoms with van der Waals surface area (Å²) in [6, 6.07) is 18.8. The van der Waals surface area contributed by atoms with Gasteiger partial charge in [-0.1, -0.05) is 12.1 Å². The van der Waals surface area contributed by atoms with E-state index >= 15 is 0 Å². The number of para-hydroxylation sites is 2. The minimum atomic E-state index is -3.88. The van der Waals surface area contributed by atoms with Crippen LogP contribution in [0.2, 0.25) is 0 Å². The van der Waals surface area contributed by atoms with Gasteiger partial charge in [0.15, 0.2) is 0 Å². The summed E-state index contributed by atoms with van der Waals surface area (Å²) < 4.78 is 37.8. The zero-order valence-electron chi connectivity index (χ0n) is 18.7. The van der Waals surface area contributed by atoms with Crippen LogP contribution in [0, 0.1) is 6.92 Å². The average molecular weight is 479 g/mol. The van der Waals surface area contributed by atoms with Gasteiger partial charge in [0.25, 0.3) is 15.9 Å². The highest BCUT2D eigenvalue weighted by atomic mass is 32.2. The third-order valence-corrected chi connectivity index (χ3v) is 7.19. The first kappa shape index (κ1) is 23.1. The lowest BCUT2D eigenvalue weighted by atomic mass is 10.1. The van der Waals surface area contributed by atoms with E-state index in [0.29, 0.717) is 22.7 Å². The van der Waals surface area contributed by atoms with Crippen LogP contribution in [-0.4, -0.2) is 28.5 Å². The summed E-state index contributed by atoms with van der Waals surface area (Å²) in [7, 11) is -0.971. The Labute approximate surface area is 196 Å². The van der Waals surface area contributed by atoms with E-state index in [1.807, 2.05) is 0 Å². The lowest BCUT2D eigenvalue weighted by Crippen LogP contribution is -2.27. The molecule has 4 aromatic rings. The smallest absolute Gasteiger partial charge is 0.336 e. The number of ether oxygens (including phenoxy) is 1. The standard InChI is InChI=1S/C25H22N2O6S/c1-16-14-24(28)33-23-15-18(10-13-20(16)23)26-25(29)17-8-11-19(12-9-17)34(30,31)27(2)21-6-4-5-7-22(21)32-3/h4-15H,1-3H3,(H,26,29). The van der Waals surface area contributed by atoms with E-state index in [-0.39, 0.29) is 10.5 Å². The predicted molar refractivity (Wildman–Crippen MR) is 130 cm³/mol. The Hall–Kier alpha value is -4.11. The highest BCUT2D eigenvalue weighted by molar-refractivity contribution is 7.92. The Morgan fingerprint density at radius 2 is 1.71 bits per heavy atom. The third kappa shape index (κ3) is 4.38. The molecule has 9 heteroatoms. The molecule has 0 fully saturated rings. The molecular formula is C25H22N2O6S. The fraction of sp³-hybridized carbons (Fsp3) is 0.120. The fourth-order valence-electron chi connectivity index (χ4n) is 3.56. The summed E-state index contributed by atoms with van der Waals surface area (Å²) in [4.78, 5) is 24.4. The minimum Gasteiger partial charge on any atom is -0.495 e. The molecule has 1 heterocycles. The van der Waals surface area contributed by atoms with Crippen molar-refractivity contribution in [3.8, 4) is 5.75 Å². The van der Waals surface area contributed by atoms with Crippen molar-refractivity contribution < 1.29 is 22.4 Å². The summed E-state index contributed by atoms with van der Waals surface area (Å²) in [5.74, 6) is -0.0117. The van der Waals surface area contributed by atoms with Crippen LogP contribution in [0.15, 0.2) is 86.9 Å². The number of amides is 1. The van der Waals surface area contributed by atoms with Crippen LogP contribution < -0.4 is 20.0 Å². The summed E-state index contributed by atoms with van der Waals surface area (Å²) in [5.41, 5.74) is 1.78. The number of nitrogens with one attached hydrogen (secondary N) is 1. The second kappa shape index (κ2) is 9.03. The lowest BCUT2D eigenvalue weighted by Gasteiger charge is -2.21. The first-order valence-corrected chi connectivity index (χ1v) is 11.7. The molecule has 1 N–H and O–H groups in total. The largest absolute Gasteiger partial charge is 0.495 e. The molecule has 0 aliphatic rings. The van der Waals surface area contributed by atoms with Crippen molar-refractivity contribution in [3.63, 3.8) is 0 Å². The molecular weight excluding hydrogens is 456 g/mol. The normalized spacial score (nSPS) is 11.3. The van der Waals surface area contributed by atoms with Crippen molar-refractivity contribution in [3.05, 3.63) is 94.3 Å². The fourth-order valence-corrected chi connectivity index (χ4v) is 4.77. The average Bonchev–Trinajstić information content (AvgIpc) is 2.83. The predicted octanol–water partition coefficient (Wildman–Crippen LogP) is 4.19. The van der Waals surface area contributed by atoms with Gasteiger partial charge in [-0.25, -0.2) is 13.2 Å². The number of aryl methyl sites for hydroxylation is 1. The summed E-state index contributed by atoms with van der Waals surface area (Å²) in [6.45, 7) is 1.80. The topological polar surface area (TPSA) is 106 Å². The lowest BCUT2D eigenvalue weighted by molar-refractivity contribution is 0.102. The van der Waals surface area contributed by atoms with Crippen LogP contribution in [0.3, 0.4) is 0 Å². The van der Waals surface area contributed by atoms with Gasteiger partial charge in [0, 0.05) is 35.8 Å². The Kier molecular flexibility index (Phi) is 6.12. The Morgan fingerprint density at radius 3 is 2.41 bits per heavy atom. The van der Waals surface area contributed by atoms with Gasteiger partial charge in [0.2, 0.25) is 0 Å². The highest BCUT2D eigenvalue weighted by Gasteiger charge is 2.24. The number of benzene rings is 3. The Morgan fingerprint density at radius 1 is 1.00 bits per heavy atom. The van der Waals surface area contributed by atoms with Gasteiger partial charge >= 0.3 is 5.63 Å².